The van der Waals surface area contributed by atoms with Crippen molar-refractivity contribution in [2.45, 2.75) is 13.5 Å². The van der Waals surface area contributed by atoms with Gasteiger partial charge in [0, 0.05) is 5.69 Å². The number of benzene rings is 1. The van der Waals surface area contributed by atoms with E-state index in [1.54, 1.807) is 10.9 Å². The molecule has 17 heavy (non-hydrogen) atoms. The van der Waals surface area contributed by atoms with Gasteiger partial charge in [0.05, 0.1) is 22.1 Å². The molecule has 0 aliphatic rings. The average Bonchev–Trinajstić information content (AvgIpc) is 2.32. The lowest BCUT2D eigenvalue weighted by molar-refractivity contribution is 0.725. The van der Waals surface area contributed by atoms with Crippen molar-refractivity contribution in [3.05, 3.63) is 55.8 Å². The zero-order valence-electron chi connectivity index (χ0n) is 9.35. The topological polar surface area (TPSA) is 60.9 Å². The van der Waals surface area contributed by atoms with Gasteiger partial charge in [-0.05, 0) is 41.1 Å². The predicted molar refractivity (Wildman–Crippen MR) is 75.9 cm³/mol. The van der Waals surface area contributed by atoms with Gasteiger partial charge >= 0.3 is 0 Å². The van der Waals surface area contributed by atoms with Crippen molar-refractivity contribution in [3.8, 4) is 0 Å². The number of aromatic nitrogens is 2. The monoisotopic (exact) mass is 341 g/mol. The second kappa shape index (κ2) is 4.87. The fourth-order valence-electron chi connectivity index (χ4n) is 1.52. The van der Waals surface area contributed by atoms with Gasteiger partial charge < -0.3 is 5.73 Å². The fraction of sp³-hybridized carbons (Fsp3) is 0.167. The van der Waals surface area contributed by atoms with E-state index in [2.05, 4.69) is 4.98 Å². The SMILES string of the molecule is Cc1ncn(Cc2ccccc2N)c(=O)c1I. The summed E-state index contributed by atoms with van der Waals surface area (Å²) in [5.74, 6) is 0. The molecule has 88 valence electrons. The molecule has 1 heterocycles. The summed E-state index contributed by atoms with van der Waals surface area (Å²) in [6.07, 6.45) is 1.56. The van der Waals surface area contributed by atoms with E-state index >= 15 is 0 Å². The summed E-state index contributed by atoms with van der Waals surface area (Å²) in [4.78, 5) is 16.2. The lowest BCUT2D eigenvalue weighted by Crippen LogP contribution is -2.24. The van der Waals surface area contributed by atoms with Crippen LogP contribution in [0.15, 0.2) is 35.4 Å². The smallest absolute Gasteiger partial charge is 0.267 e. The fourth-order valence-corrected chi connectivity index (χ4v) is 1.97. The van der Waals surface area contributed by atoms with Crippen LogP contribution >= 0.6 is 22.6 Å². The Morgan fingerprint density at radius 2 is 2.12 bits per heavy atom. The van der Waals surface area contributed by atoms with E-state index in [0.29, 0.717) is 15.8 Å². The lowest BCUT2D eigenvalue weighted by Gasteiger charge is -2.08. The first-order valence-electron chi connectivity index (χ1n) is 5.14. The van der Waals surface area contributed by atoms with Crippen molar-refractivity contribution in [2.24, 2.45) is 0 Å². The first-order valence-corrected chi connectivity index (χ1v) is 6.22. The number of hydrogen-bond donors (Lipinski definition) is 1. The Balaban J connectivity index is 2.41. The maximum atomic E-state index is 12.0. The highest BCUT2D eigenvalue weighted by molar-refractivity contribution is 14.1. The molecule has 0 fully saturated rings. The van der Waals surface area contributed by atoms with Gasteiger partial charge in [-0.1, -0.05) is 18.2 Å². The highest BCUT2D eigenvalue weighted by Gasteiger charge is 2.06. The zero-order chi connectivity index (χ0) is 12.4. The maximum absolute atomic E-state index is 12.0. The number of halogens is 1. The molecule has 0 spiro atoms. The molecule has 0 radical (unpaired) electrons. The minimum atomic E-state index is -0.0265. The third kappa shape index (κ3) is 2.49. The Kier molecular flexibility index (Phi) is 3.46. The molecule has 0 aliphatic heterocycles. The molecule has 0 atom stereocenters. The summed E-state index contributed by atoms with van der Waals surface area (Å²) < 4.78 is 2.22. The molecule has 0 bridgehead atoms. The Bertz CT molecular complexity index is 607. The van der Waals surface area contributed by atoms with Crippen LogP contribution in [0.4, 0.5) is 5.69 Å². The van der Waals surface area contributed by atoms with Crippen LogP contribution in [-0.4, -0.2) is 9.55 Å². The maximum Gasteiger partial charge on any atom is 0.267 e. The van der Waals surface area contributed by atoms with Crippen LogP contribution in [0, 0.1) is 10.5 Å². The van der Waals surface area contributed by atoms with Gasteiger partial charge in [-0.15, -0.1) is 0 Å². The summed E-state index contributed by atoms with van der Waals surface area (Å²) in [5.41, 5.74) is 8.20. The molecule has 1 aromatic heterocycles. The molecule has 0 unspecified atom stereocenters. The third-order valence-corrected chi connectivity index (χ3v) is 3.79. The number of anilines is 1. The number of nitrogen functional groups attached to an aromatic ring is 1. The minimum absolute atomic E-state index is 0.0265. The van der Waals surface area contributed by atoms with Gasteiger partial charge in [0.25, 0.3) is 5.56 Å². The first kappa shape index (κ1) is 12.1. The van der Waals surface area contributed by atoms with Crippen LogP contribution < -0.4 is 11.3 Å². The Morgan fingerprint density at radius 1 is 1.41 bits per heavy atom. The van der Waals surface area contributed by atoms with E-state index in [1.165, 1.54) is 0 Å². The number of para-hydroxylation sites is 1. The minimum Gasteiger partial charge on any atom is -0.398 e. The van der Waals surface area contributed by atoms with Crippen molar-refractivity contribution in [1.82, 2.24) is 9.55 Å². The standard InChI is InChI=1S/C12H12IN3O/c1-8-11(13)12(17)16(7-15-8)6-9-4-2-3-5-10(9)14/h2-5,7H,6,14H2,1H3. The molecular formula is C12H12IN3O. The van der Waals surface area contributed by atoms with Crippen LogP contribution in [0.2, 0.25) is 0 Å². The van der Waals surface area contributed by atoms with Crippen molar-refractivity contribution in [1.29, 1.82) is 0 Å². The van der Waals surface area contributed by atoms with Crippen LogP contribution in [0.3, 0.4) is 0 Å². The van der Waals surface area contributed by atoms with Crippen LogP contribution in [0.5, 0.6) is 0 Å². The molecule has 0 aliphatic carbocycles. The van der Waals surface area contributed by atoms with Crippen molar-refractivity contribution in [2.75, 3.05) is 5.73 Å². The summed E-state index contributed by atoms with van der Waals surface area (Å²) >= 11 is 2.02. The highest BCUT2D eigenvalue weighted by atomic mass is 127. The van der Waals surface area contributed by atoms with E-state index in [0.717, 1.165) is 11.3 Å². The van der Waals surface area contributed by atoms with Gasteiger partial charge in [0.1, 0.15) is 0 Å². The van der Waals surface area contributed by atoms with Crippen molar-refractivity contribution < 1.29 is 0 Å². The Morgan fingerprint density at radius 3 is 2.82 bits per heavy atom. The van der Waals surface area contributed by atoms with E-state index in [4.69, 9.17) is 5.73 Å². The number of rotatable bonds is 2. The van der Waals surface area contributed by atoms with Gasteiger partial charge in [0.15, 0.2) is 0 Å². The van der Waals surface area contributed by atoms with Crippen molar-refractivity contribution >= 4 is 28.3 Å². The molecule has 5 heteroatoms. The average molecular weight is 341 g/mol. The highest BCUT2D eigenvalue weighted by Crippen LogP contribution is 2.11. The van der Waals surface area contributed by atoms with Crippen LogP contribution in [0.25, 0.3) is 0 Å². The van der Waals surface area contributed by atoms with Crippen molar-refractivity contribution in [3.63, 3.8) is 0 Å². The quantitative estimate of drug-likeness (QED) is 0.669. The van der Waals surface area contributed by atoms with Gasteiger partial charge in [0.2, 0.25) is 0 Å². The second-order valence-corrected chi connectivity index (χ2v) is 4.85. The number of nitrogens with two attached hydrogens (primary N) is 1. The number of nitrogens with zero attached hydrogens (tertiary/aromatic N) is 2. The van der Waals surface area contributed by atoms with Gasteiger partial charge in [-0.25, -0.2) is 4.98 Å². The van der Waals surface area contributed by atoms with Gasteiger partial charge in [-0.3, -0.25) is 9.36 Å². The Hall–Kier alpha value is -1.37. The number of hydrogen-bond acceptors (Lipinski definition) is 3. The van der Waals surface area contributed by atoms with E-state index in [9.17, 15) is 4.79 Å². The molecule has 2 rings (SSSR count). The molecule has 4 nitrogen and oxygen atoms in total. The number of aryl methyl sites for hydroxylation is 1. The molecule has 0 amide bonds. The predicted octanol–water partition coefficient (Wildman–Crippen LogP) is 1.79. The summed E-state index contributed by atoms with van der Waals surface area (Å²) in [7, 11) is 0. The molecule has 2 N–H and O–H groups in total. The summed E-state index contributed by atoms with van der Waals surface area (Å²) in [6.45, 7) is 2.28. The zero-order valence-corrected chi connectivity index (χ0v) is 11.5. The van der Waals surface area contributed by atoms with E-state index in [-0.39, 0.29) is 5.56 Å². The summed E-state index contributed by atoms with van der Waals surface area (Å²) in [6, 6.07) is 7.52. The molecule has 0 saturated carbocycles. The largest absolute Gasteiger partial charge is 0.398 e. The summed E-state index contributed by atoms with van der Waals surface area (Å²) in [5, 5.41) is 0. The Labute approximate surface area is 113 Å². The van der Waals surface area contributed by atoms with Crippen LogP contribution in [0.1, 0.15) is 11.3 Å². The van der Waals surface area contributed by atoms with Crippen LogP contribution in [-0.2, 0) is 6.54 Å². The molecule has 0 saturated heterocycles. The normalized spacial score (nSPS) is 10.5. The van der Waals surface area contributed by atoms with Gasteiger partial charge in [-0.2, -0.15) is 0 Å². The molecule has 1 aromatic carbocycles. The molecule has 2 aromatic rings. The van der Waals surface area contributed by atoms with E-state index < -0.39 is 0 Å². The van der Waals surface area contributed by atoms with E-state index in [1.807, 2.05) is 53.8 Å². The molecular weight excluding hydrogens is 329 g/mol. The second-order valence-electron chi connectivity index (χ2n) is 3.78. The third-order valence-electron chi connectivity index (χ3n) is 2.55. The lowest BCUT2D eigenvalue weighted by atomic mass is 10.2. The first-order chi connectivity index (χ1) is 8.09.